The molecule has 2 aliphatic carbocycles. The Morgan fingerprint density at radius 1 is 1.03 bits per heavy atom. The summed E-state index contributed by atoms with van der Waals surface area (Å²) in [6.45, 7) is 5.28. The van der Waals surface area contributed by atoms with E-state index >= 15 is 0 Å². The lowest BCUT2D eigenvalue weighted by atomic mass is 9.90. The first kappa shape index (κ1) is 19.3. The third kappa shape index (κ3) is 3.72. The Morgan fingerprint density at radius 3 is 2.74 bits per heavy atom. The van der Waals surface area contributed by atoms with Crippen molar-refractivity contribution in [1.29, 1.82) is 0 Å². The molecular weight excluding hydrogens is 384 g/mol. The highest BCUT2D eigenvalue weighted by Crippen LogP contribution is 2.40. The number of hydrogen-bond donors (Lipinski definition) is 0. The number of aryl methyl sites for hydroxylation is 1. The Bertz CT molecular complexity index is 1060. The molecule has 0 radical (unpaired) electrons. The Kier molecular flexibility index (Phi) is 4.92. The van der Waals surface area contributed by atoms with Gasteiger partial charge >= 0.3 is 0 Å². The molecule has 4 heterocycles. The van der Waals surface area contributed by atoms with Crippen LogP contribution >= 0.6 is 0 Å². The fraction of sp³-hybridized carbons (Fsp3) is 0.520. The second kappa shape index (κ2) is 7.92. The summed E-state index contributed by atoms with van der Waals surface area (Å²) < 4.78 is 2.30. The van der Waals surface area contributed by atoms with Crippen molar-refractivity contribution in [2.45, 2.75) is 50.7 Å². The van der Waals surface area contributed by atoms with Gasteiger partial charge in [0.25, 0.3) is 0 Å². The van der Waals surface area contributed by atoms with E-state index in [4.69, 9.17) is 9.97 Å². The average Bonchev–Trinajstić information content (AvgIpc) is 3.56. The van der Waals surface area contributed by atoms with Crippen molar-refractivity contribution in [2.24, 2.45) is 0 Å². The Labute approximate surface area is 184 Å². The van der Waals surface area contributed by atoms with Gasteiger partial charge in [-0.2, -0.15) is 0 Å². The van der Waals surface area contributed by atoms with E-state index in [9.17, 15) is 0 Å². The zero-order chi connectivity index (χ0) is 20.8. The van der Waals surface area contributed by atoms with E-state index in [-0.39, 0.29) is 0 Å². The summed E-state index contributed by atoms with van der Waals surface area (Å²) in [5.41, 5.74) is 4.99. The molecule has 1 saturated heterocycles. The fourth-order valence-corrected chi connectivity index (χ4v) is 5.41. The molecule has 0 spiro atoms. The summed E-state index contributed by atoms with van der Waals surface area (Å²) in [5, 5.41) is 0. The summed E-state index contributed by atoms with van der Waals surface area (Å²) in [7, 11) is 2.21. The summed E-state index contributed by atoms with van der Waals surface area (Å²) in [6, 6.07) is 12.0. The Hall–Kier alpha value is -2.44. The number of pyridine rings is 2. The second-order valence-corrected chi connectivity index (χ2v) is 9.49. The predicted octanol–water partition coefficient (Wildman–Crippen LogP) is 3.52. The molecular formula is C25H32N6. The van der Waals surface area contributed by atoms with Crippen molar-refractivity contribution in [2.75, 3.05) is 38.1 Å². The van der Waals surface area contributed by atoms with Crippen LogP contribution in [0.25, 0.3) is 5.65 Å². The lowest BCUT2D eigenvalue weighted by molar-refractivity contribution is 0.154. The van der Waals surface area contributed by atoms with Gasteiger partial charge in [-0.05, 0) is 62.9 Å². The van der Waals surface area contributed by atoms with Crippen LogP contribution in [0.4, 0.5) is 5.82 Å². The second-order valence-electron chi connectivity index (χ2n) is 9.49. The molecule has 6 nitrogen and oxygen atoms in total. The maximum absolute atomic E-state index is 5.05. The SMILES string of the molecule is CN1CCN(c2cccc3nc(CN(C4CC4)C4CCCc5cccnc54)cn23)CC1. The number of likely N-dealkylation sites (N-methyl/N-ethyl adjacent to an activating group) is 1. The minimum absolute atomic E-state index is 0.430. The van der Waals surface area contributed by atoms with Gasteiger partial charge in [-0.1, -0.05) is 12.1 Å². The maximum atomic E-state index is 5.05. The zero-order valence-electron chi connectivity index (χ0n) is 18.5. The average molecular weight is 417 g/mol. The zero-order valence-corrected chi connectivity index (χ0v) is 18.5. The molecule has 1 aliphatic heterocycles. The van der Waals surface area contributed by atoms with E-state index in [1.165, 1.54) is 54.9 Å². The lowest BCUT2D eigenvalue weighted by Crippen LogP contribution is -2.45. The lowest BCUT2D eigenvalue weighted by Gasteiger charge is -2.35. The molecule has 3 aromatic heterocycles. The van der Waals surface area contributed by atoms with Gasteiger partial charge in [0.15, 0.2) is 0 Å². The summed E-state index contributed by atoms with van der Waals surface area (Å²) in [6.07, 6.45) is 10.5. The molecule has 1 saturated carbocycles. The van der Waals surface area contributed by atoms with Crippen LogP contribution in [0.3, 0.4) is 0 Å². The van der Waals surface area contributed by atoms with Crippen molar-refractivity contribution < 1.29 is 0 Å². The van der Waals surface area contributed by atoms with E-state index in [0.717, 1.165) is 38.4 Å². The molecule has 6 heteroatoms. The molecule has 0 aromatic carbocycles. The number of imidazole rings is 1. The van der Waals surface area contributed by atoms with Gasteiger partial charge in [-0.15, -0.1) is 0 Å². The normalized spacial score (nSPS) is 22.3. The molecule has 162 valence electrons. The first-order chi connectivity index (χ1) is 15.3. The standard InChI is InChI=1S/C25H32N6/c1-28-13-15-29(16-14-28)24-9-3-8-23-27-20(18-31(23)24)17-30(21-10-11-21)22-7-2-5-19-6-4-12-26-25(19)22/h3-4,6,8-9,12,18,21-22H,2,5,7,10-11,13-17H2,1H3. The number of aromatic nitrogens is 3. The number of nitrogens with zero attached hydrogens (tertiary/aromatic N) is 6. The van der Waals surface area contributed by atoms with Crippen molar-refractivity contribution in [3.05, 3.63) is 59.7 Å². The summed E-state index contributed by atoms with van der Waals surface area (Å²) in [4.78, 5) is 17.5. The molecule has 3 aromatic rings. The number of anilines is 1. The predicted molar refractivity (Wildman–Crippen MR) is 123 cm³/mol. The van der Waals surface area contributed by atoms with Crippen LogP contribution in [0, 0.1) is 0 Å². The summed E-state index contributed by atoms with van der Waals surface area (Å²) >= 11 is 0. The van der Waals surface area contributed by atoms with Crippen molar-refractivity contribution in [3.8, 4) is 0 Å². The number of hydrogen-bond acceptors (Lipinski definition) is 5. The highest BCUT2D eigenvalue weighted by Gasteiger charge is 2.37. The smallest absolute Gasteiger partial charge is 0.138 e. The largest absolute Gasteiger partial charge is 0.355 e. The van der Waals surface area contributed by atoms with Crippen LogP contribution in [0.1, 0.15) is 48.7 Å². The number of rotatable bonds is 5. The van der Waals surface area contributed by atoms with Crippen LogP contribution in [-0.2, 0) is 13.0 Å². The van der Waals surface area contributed by atoms with Crippen LogP contribution in [0.15, 0.2) is 42.7 Å². The summed E-state index contributed by atoms with van der Waals surface area (Å²) in [5.74, 6) is 1.27. The van der Waals surface area contributed by atoms with Gasteiger partial charge in [0, 0.05) is 51.2 Å². The topological polar surface area (TPSA) is 39.9 Å². The van der Waals surface area contributed by atoms with Gasteiger partial charge < -0.3 is 9.80 Å². The van der Waals surface area contributed by atoms with Crippen LogP contribution in [0.5, 0.6) is 0 Å². The van der Waals surface area contributed by atoms with Gasteiger partial charge in [-0.25, -0.2) is 4.98 Å². The van der Waals surface area contributed by atoms with Crippen molar-refractivity contribution in [1.82, 2.24) is 24.2 Å². The van der Waals surface area contributed by atoms with Gasteiger partial charge in [0.1, 0.15) is 11.5 Å². The molecule has 1 atom stereocenters. The molecule has 6 rings (SSSR count). The first-order valence-corrected chi connectivity index (χ1v) is 11.9. The quantitative estimate of drug-likeness (QED) is 0.636. The molecule has 2 fully saturated rings. The molecule has 0 N–H and O–H groups in total. The fourth-order valence-electron chi connectivity index (χ4n) is 5.41. The Morgan fingerprint density at radius 2 is 1.90 bits per heavy atom. The van der Waals surface area contributed by atoms with E-state index in [1.54, 1.807) is 0 Å². The minimum Gasteiger partial charge on any atom is -0.355 e. The van der Waals surface area contributed by atoms with Gasteiger partial charge in [0.05, 0.1) is 17.4 Å². The number of fused-ring (bicyclic) bond motifs is 2. The maximum Gasteiger partial charge on any atom is 0.138 e. The van der Waals surface area contributed by atoms with Gasteiger partial charge in [0.2, 0.25) is 0 Å². The van der Waals surface area contributed by atoms with E-state index < -0.39 is 0 Å². The minimum atomic E-state index is 0.430. The van der Waals surface area contributed by atoms with Crippen LogP contribution in [-0.4, -0.2) is 63.4 Å². The highest BCUT2D eigenvalue weighted by atomic mass is 15.3. The third-order valence-electron chi connectivity index (χ3n) is 7.27. The highest BCUT2D eigenvalue weighted by molar-refractivity contribution is 5.53. The number of piperazine rings is 1. The molecule has 3 aliphatic rings. The van der Waals surface area contributed by atoms with E-state index in [0.29, 0.717) is 12.1 Å². The van der Waals surface area contributed by atoms with E-state index in [2.05, 4.69) is 62.7 Å². The molecule has 1 unspecified atom stereocenters. The van der Waals surface area contributed by atoms with Crippen molar-refractivity contribution in [3.63, 3.8) is 0 Å². The monoisotopic (exact) mass is 416 g/mol. The molecule has 0 bridgehead atoms. The Balaban J connectivity index is 1.30. The van der Waals surface area contributed by atoms with Crippen LogP contribution < -0.4 is 4.90 Å². The molecule has 31 heavy (non-hydrogen) atoms. The van der Waals surface area contributed by atoms with Gasteiger partial charge in [-0.3, -0.25) is 14.3 Å². The van der Waals surface area contributed by atoms with Crippen LogP contribution in [0.2, 0.25) is 0 Å². The molecule has 0 amide bonds. The first-order valence-electron chi connectivity index (χ1n) is 11.9. The van der Waals surface area contributed by atoms with Crippen molar-refractivity contribution >= 4 is 11.5 Å². The van der Waals surface area contributed by atoms with E-state index in [1.807, 2.05) is 6.20 Å². The third-order valence-corrected chi connectivity index (χ3v) is 7.27.